The Hall–Kier alpha value is -3.03. The van der Waals surface area contributed by atoms with Crippen LogP contribution in [0, 0.1) is 6.92 Å². The van der Waals surface area contributed by atoms with Crippen molar-refractivity contribution in [1.82, 2.24) is 30.2 Å². The molecule has 8 heteroatoms. The molecule has 2 aromatic heterocycles. The minimum Gasteiger partial charge on any atom is -0.337 e. The van der Waals surface area contributed by atoms with Crippen molar-refractivity contribution in [1.29, 1.82) is 0 Å². The number of carbonyl (C=O) groups is 1. The van der Waals surface area contributed by atoms with Gasteiger partial charge in [-0.2, -0.15) is 10.1 Å². The van der Waals surface area contributed by atoms with Crippen LogP contribution in [0.3, 0.4) is 0 Å². The van der Waals surface area contributed by atoms with Crippen LogP contribution in [0.2, 0.25) is 0 Å². The van der Waals surface area contributed by atoms with Gasteiger partial charge in [-0.25, -0.2) is 4.98 Å². The van der Waals surface area contributed by atoms with E-state index in [4.69, 9.17) is 4.52 Å². The maximum atomic E-state index is 12.7. The average molecular weight is 352 g/mol. The molecule has 3 aromatic rings. The van der Waals surface area contributed by atoms with Gasteiger partial charge in [0.1, 0.15) is 11.9 Å². The molecule has 1 aromatic carbocycles. The number of hydrogen-bond acceptors (Lipinski definition) is 6. The molecule has 1 aliphatic heterocycles. The topological polar surface area (TPSA) is 101 Å². The molecule has 26 heavy (non-hydrogen) atoms. The third kappa shape index (κ3) is 3.35. The fourth-order valence-electron chi connectivity index (χ4n) is 3.26. The van der Waals surface area contributed by atoms with Gasteiger partial charge in [-0.05, 0) is 19.8 Å². The summed E-state index contributed by atoms with van der Waals surface area (Å²) < 4.78 is 5.46. The lowest BCUT2D eigenvalue weighted by atomic mass is 10.2. The molecule has 0 spiro atoms. The lowest BCUT2D eigenvalue weighted by molar-refractivity contribution is -0.132. The number of aromatic nitrogens is 5. The molecule has 1 aliphatic rings. The molecule has 1 atom stereocenters. The Morgan fingerprint density at radius 1 is 1.31 bits per heavy atom. The van der Waals surface area contributed by atoms with E-state index in [1.165, 1.54) is 0 Å². The number of amides is 1. The predicted octanol–water partition coefficient (Wildman–Crippen LogP) is 2.46. The normalized spacial score (nSPS) is 17.0. The van der Waals surface area contributed by atoms with Crippen molar-refractivity contribution >= 4 is 5.91 Å². The van der Waals surface area contributed by atoms with Gasteiger partial charge >= 0.3 is 0 Å². The predicted molar refractivity (Wildman–Crippen MR) is 92.9 cm³/mol. The average Bonchev–Trinajstić information content (AvgIpc) is 3.40. The smallest absolute Gasteiger partial charge is 0.249 e. The molecule has 134 valence electrons. The summed E-state index contributed by atoms with van der Waals surface area (Å²) in [7, 11) is 0. The van der Waals surface area contributed by atoms with E-state index in [1.807, 2.05) is 42.2 Å². The van der Waals surface area contributed by atoms with Crippen molar-refractivity contribution in [2.24, 2.45) is 0 Å². The van der Waals surface area contributed by atoms with Gasteiger partial charge in [-0.1, -0.05) is 35.5 Å². The first-order valence-corrected chi connectivity index (χ1v) is 8.77. The summed E-state index contributed by atoms with van der Waals surface area (Å²) >= 11 is 0. The molecule has 1 saturated heterocycles. The van der Waals surface area contributed by atoms with Crippen molar-refractivity contribution < 1.29 is 9.32 Å². The molecule has 4 rings (SSSR count). The highest BCUT2D eigenvalue weighted by Crippen LogP contribution is 2.32. The molecule has 3 heterocycles. The minimum atomic E-state index is -0.152. The summed E-state index contributed by atoms with van der Waals surface area (Å²) in [6, 6.07) is 9.53. The summed E-state index contributed by atoms with van der Waals surface area (Å²) in [5.41, 5.74) is 0.901. The monoisotopic (exact) mass is 352 g/mol. The number of rotatable bonds is 5. The molecular formula is C18H20N6O2. The van der Waals surface area contributed by atoms with Crippen LogP contribution in [0.1, 0.15) is 42.8 Å². The maximum Gasteiger partial charge on any atom is 0.249 e. The van der Waals surface area contributed by atoms with Crippen LogP contribution in [0.15, 0.2) is 34.9 Å². The van der Waals surface area contributed by atoms with Crippen LogP contribution in [-0.4, -0.2) is 42.7 Å². The Kier molecular flexibility index (Phi) is 4.47. The Balaban J connectivity index is 1.44. The number of H-pyrrole nitrogens is 1. The number of nitrogens with one attached hydrogen (secondary N) is 1. The number of likely N-dealkylation sites (tertiary alicyclic amines) is 1. The summed E-state index contributed by atoms with van der Waals surface area (Å²) in [5, 5.41) is 10.9. The first kappa shape index (κ1) is 16.4. The van der Waals surface area contributed by atoms with Crippen LogP contribution in [0.25, 0.3) is 11.4 Å². The second-order valence-corrected chi connectivity index (χ2v) is 6.40. The Morgan fingerprint density at radius 3 is 2.92 bits per heavy atom. The minimum absolute atomic E-state index is 0.0643. The van der Waals surface area contributed by atoms with Gasteiger partial charge < -0.3 is 9.42 Å². The molecular weight excluding hydrogens is 332 g/mol. The number of nitrogens with zero attached hydrogens (tertiary/aromatic N) is 5. The van der Waals surface area contributed by atoms with Gasteiger partial charge in [0.25, 0.3) is 0 Å². The quantitative estimate of drug-likeness (QED) is 0.757. The van der Waals surface area contributed by atoms with Crippen molar-refractivity contribution in [2.45, 2.75) is 38.6 Å². The number of benzene rings is 1. The molecule has 1 fully saturated rings. The number of aromatic amines is 1. The zero-order valence-corrected chi connectivity index (χ0v) is 14.6. The molecule has 0 saturated carbocycles. The third-order valence-electron chi connectivity index (χ3n) is 4.54. The van der Waals surface area contributed by atoms with E-state index in [0.29, 0.717) is 36.9 Å². The standard InChI is InChI=1S/C18H20N6O2/c1-12-19-15(22-21-12)9-10-16(25)24-11-5-8-14(24)18-20-17(23-26-18)13-6-3-2-4-7-13/h2-4,6-7,14H,5,8-11H2,1H3,(H,19,21,22)/t14-/m1/s1. The lowest BCUT2D eigenvalue weighted by Crippen LogP contribution is -2.31. The highest BCUT2D eigenvalue weighted by molar-refractivity contribution is 5.77. The third-order valence-corrected chi connectivity index (χ3v) is 4.54. The number of carbonyl (C=O) groups excluding carboxylic acids is 1. The lowest BCUT2D eigenvalue weighted by Gasteiger charge is -2.21. The second kappa shape index (κ2) is 7.07. The van der Waals surface area contributed by atoms with Crippen LogP contribution in [0.4, 0.5) is 0 Å². The van der Waals surface area contributed by atoms with Crippen molar-refractivity contribution in [3.8, 4) is 11.4 Å². The van der Waals surface area contributed by atoms with E-state index in [0.717, 1.165) is 24.2 Å². The van der Waals surface area contributed by atoms with E-state index in [9.17, 15) is 4.79 Å². The van der Waals surface area contributed by atoms with Crippen molar-refractivity contribution in [3.05, 3.63) is 47.9 Å². The molecule has 0 unspecified atom stereocenters. The van der Waals surface area contributed by atoms with Crippen LogP contribution < -0.4 is 0 Å². The van der Waals surface area contributed by atoms with Gasteiger partial charge in [-0.15, -0.1) is 0 Å². The van der Waals surface area contributed by atoms with E-state index >= 15 is 0 Å². The van der Waals surface area contributed by atoms with Crippen LogP contribution in [-0.2, 0) is 11.2 Å². The van der Waals surface area contributed by atoms with Gasteiger partial charge in [0.2, 0.25) is 17.6 Å². The Bertz CT molecular complexity index is 888. The van der Waals surface area contributed by atoms with E-state index < -0.39 is 0 Å². The molecule has 8 nitrogen and oxygen atoms in total. The Morgan fingerprint density at radius 2 is 2.15 bits per heavy atom. The molecule has 1 amide bonds. The zero-order valence-electron chi connectivity index (χ0n) is 14.6. The highest BCUT2D eigenvalue weighted by atomic mass is 16.5. The summed E-state index contributed by atoms with van der Waals surface area (Å²) in [6.07, 6.45) is 2.65. The fraction of sp³-hybridized carbons (Fsp3) is 0.389. The first-order chi connectivity index (χ1) is 12.7. The van der Waals surface area contributed by atoms with Gasteiger partial charge in [-0.3, -0.25) is 9.89 Å². The van der Waals surface area contributed by atoms with Gasteiger partial charge in [0.05, 0.1) is 0 Å². The van der Waals surface area contributed by atoms with Gasteiger partial charge in [0, 0.05) is 24.9 Å². The molecule has 0 aliphatic carbocycles. The summed E-state index contributed by atoms with van der Waals surface area (Å²) in [4.78, 5) is 23.3. The summed E-state index contributed by atoms with van der Waals surface area (Å²) in [6.45, 7) is 2.55. The molecule has 0 bridgehead atoms. The van der Waals surface area contributed by atoms with Crippen molar-refractivity contribution in [3.63, 3.8) is 0 Å². The maximum absolute atomic E-state index is 12.7. The number of hydrogen-bond donors (Lipinski definition) is 1. The van der Waals surface area contributed by atoms with E-state index in [2.05, 4.69) is 25.3 Å². The second-order valence-electron chi connectivity index (χ2n) is 6.40. The first-order valence-electron chi connectivity index (χ1n) is 8.77. The molecule has 1 N–H and O–H groups in total. The highest BCUT2D eigenvalue weighted by Gasteiger charge is 2.33. The van der Waals surface area contributed by atoms with E-state index in [1.54, 1.807) is 0 Å². The van der Waals surface area contributed by atoms with Crippen molar-refractivity contribution in [2.75, 3.05) is 6.54 Å². The van der Waals surface area contributed by atoms with Crippen LogP contribution >= 0.6 is 0 Å². The zero-order chi connectivity index (χ0) is 17.9. The molecule has 0 radical (unpaired) electrons. The summed E-state index contributed by atoms with van der Waals surface area (Å²) in [5.74, 6) is 2.54. The SMILES string of the molecule is Cc1nc(CCC(=O)N2CCC[C@@H]2c2nc(-c3ccccc3)no2)n[nH]1. The number of aryl methyl sites for hydroxylation is 2. The largest absolute Gasteiger partial charge is 0.337 e. The fourth-order valence-corrected chi connectivity index (χ4v) is 3.26. The van der Waals surface area contributed by atoms with E-state index in [-0.39, 0.29) is 11.9 Å². The Labute approximate surface area is 150 Å². The van der Waals surface area contributed by atoms with Gasteiger partial charge in [0.15, 0.2) is 5.82 Å². The van der Waals surface area contributed by atoms with Crippen LogP contribution in [0.5, 0.6) is 0 Å².